The van der Waals surface area contributed by atoms with Crippen LogP contribution in [0.2, 0.25) is 5.02 Å². The van der Waals surface area contributed by atoms with Crippen LogP contribution in [0.25, 0.3) is 0 Å². The zero-order chi connectivity index (χ0) is 11.4. The Balaban J connectivity index is 2.25. The van der Waals surface area contributed by atoms with E-state index >= 15 is 0 Å². The topological polar surface area (TPSA) is 50.7 Å². The highest BCUT2D eigenvalue weighted by molar-refractivity contribution is 6.32. The van der Waals surface area contributed by atoms with Gasteiger partial charge in [0.05, 0.1) is 10.7 Å². The number of halogens is 1. The average molecular weight is 232 g/mol. The van der Waals surface area contributed by atoms with E-state index in [0.717, 1.165) is 0 Å². The summed E-state index contributed by atoms with van der Waals surface area (Å²) in [6, 6.07) is 14.5. The highest BCUT2D eigenvalue weighted by Gasteiger charge is 1.96. The molecule has 2 N–H and O–H groups in total. The number of hydrogen-bond donors (Lipinski definition) is 1. The summed E-state index contributed by atoms with van der Waals surface area (Å²) in [6.07, 6.45) is 0. The van der Waals surface area contributed by atoms with Gasteiger partial charge in [-0.05, 0) is 30.3 Å². The van der Waals surface area contributed by atoms with Gasteiger partial charge in [0.2, 0.25) is 0 Å². The third kappa shape index (κ3) is 2.58. The molecule has 0 atom stereocenters. The largest absolute Gasteiger partial charge is 0.399 e. The monoisotopic (exact) mass is 231 g/mol. The molecule has 2 aromatic rings. The number of anilines is 1. The molecule has 0 heterocycles. The van der Waals surface area contributed by atoms with Crippen LogP contribution in [0, 0.1) is 0 Å². The van der Waals surface area contributed by atoms with Crippen molar-refractivity contribution in [3.05, 3.63) is 53.6 Å². The van der Waals surface area contributed by atoms with E-state index in [1.54, 1.807) is 24.3 Å². The van der Waals surface area contributed by atoms with Crippen LogP contribution in [-0.2, 0) is 0 Å². The predicted octanol–water partition coefficient (Wildman–Crippen LogP) is 4.34. The summed E-state index contributed by atoms with van der Waals surface area (Å²) in [5.74, 6) is 0. The smallest absolute Gasteiger partial charge is 0.104 e. The molecule has 0 saturated heterocycles. The molecule has 16 heavy (non-hydrogen) atoms. The van der Waals surface area contributed by atoms with Crippen LogP contribution in [0.5, 0.6) is 0 Å². The highest BCUT2D eigenvalue weighted by atomic mass is 35.5. The molecular formula is C12H10ClN3. The van der Waals surface area contributed by atoms with Crippen molar-refractivity contribution in [3.63, 3.8) is 0 Å². The lowest BCUT2D eigenvalue weighted by molar-refractivity contribution is 1.23. The lowest BCUT2D eigenvalue weighted by Gasteiger charge is -1.96. The van der Waals surface area contributed by atoms with Gasteiger partial charge in [0.15, 0.2) is 0 Å². The summed E-state index contributed by atoms with van der Waals surface area (Å²) in [5.41, 5.74) is 7.65. The SMILES string of the molecule is Nc1cccc(N=Nc2ccccc2Cl)c1. The van der Waals surface area contributed by atoms with Crippen LogP contribution in [0.4, 0.5) is 17.1 Å². The van der Waals surface area contributed by atoms with Gasteiger partial charge in [-0.25, -0.2) is 0 Å². The van der Waals surface area contributed by atoms with Crippen molar-refractivity contribution in [2.24, 2.45) is 10.2 Å². The van der Waals surface area contributed by atoms with Crippen LogP contribution in [0.3, 0.4) is 0 Å². The lowest BCUT2D eigenvalue weighted by atomic mass is 10.3. The second kappa shape index (κ2) is 4.77. The van der Waals surface area contributed by atoms with Gasteiger partial charge in [0.25, 0.3) is 0 Å². The summed E-state index contributed by atoms with van der Waals surface area (Å²) >= 11 is 5.94. The first kappa shape index (κ1) is 10.6. The van der Waals surface area contributed by atoms with Gasteiger partial charge in [-0.2, -0.15) is 5.11 Å². The van der Waals surface area contributed by atoms with E-state index in [2.05, 4.69) is 10.2 Å². The normalized spacial score (nSPS) is 10.8. The van der Waals surface area contributed by atoms with Gasteiger partial charge in [0, 0.05) is 5.69 Å². The van der Waals surface area contributed by atoms with Crippen molar-refractivity contribution in [1.82, 2.24) is 0 Å². The summed E-state index contributed by atoms with van der Waals surface area (Å²) < 4.78 is 0. The number of nitrogens with zero attached hydrogens (tertiary/aromatic N) is 2. The number of benzene rings is 2. The van der Waals surface area contributed by atoms with Crippen molar-refractivity contribution in [1.29, 1.82) is 0 Å². The van der Waals surface area contributed by atoms with E-state index in [4.69, 9.17) is 17.3 Å². The van der Waals surface area contributed by atoms with Crippen molar-refractivity contribution >= 4 is 28.7 Å². The van der Waals surface area contributed by atoms with Gasteiger partial charge in [-0.15, -0.1) is 5.11 Å². The second-order valence-corrected chi connectivity index (χ2v) is 3.65. The molecule has 0 bridgehead atoms. The van der Waals surface area contributed by atoms with E-state index in [1.165, 1.54) is 0 Å². The van der Waals surface area contributed by atoms with E-state index in [0.29, 0.717) is 22.1 Å². The third-order valence-corrected chi connectivity index (χ3v) is 2.32. The maximum Gasteiger partial charge on any atom is 0.104 e. The number of nitrogen functional groups attached to an aromatic ring is 1. The van der Waals surface area contributed by atoms with Gasteiger partial charge < -0.3 is 5.73 Å². The Morgan fingerprint density at radius 3 is 2.50 bits per heavy atom. The van der Waals surface area contributed by atoms with Crippen LogP contribution in [0.1, 0.15) is 0 Å². The average Bonchev–Trinajstić information content (AvgIpc) is 2.28. The van der Waals surface area contributed by atoms with Crippen LogP contribution >= 0.6 is 11.6 Å². The molecule has 2 rings (SSSR count). The summed E-state index contributed by atoms with van der Waals surface area (Å²) in [5, 5.41) is 8.69. The Kier molecular flexibility index (Phi) is 3.17. The Bertz CT molecular complexity index is 523. The Morgan fingerprint density at radius 2 is 1.75 bits per heavy atom. The highest BCUT2D eigenvalue weighted by Crippen LogP contribution is 2.26. The van der Waals surface area contributed by atoms with Crippen molar-refractivity contribution in [3.8, 4) is 0 Å². The Labute approximate surface area is 98.6 Å². The molecule has 0 aliphatic rings. The van der Waals surface area contributed by atoms with E-state index in [1.807, 2.05) is 24.3 Å². The standard InChI is InChI=1S/C12H10ClN3/c13-11-6-1-2-7-12(11)16-15-10-5-3-4-9(14)8-10/h1-8H,14H2. The molecule has 0 amide bonds. The number of azo groups is 1. The number of rotatable bonds is 2. The molecular weight excluding hydrogens is 222 g/mol. The molecule has 0 saturated carbocycles. The van der Waals surface area contributed by atoms with Gasteiger partial charge in [0.1, 0.15) is 5.69 Å². The Morgan fingerprint density at radius 1 is 0.938 bits per heavy atom. The Hall–Kier alpha value is -1.87. The van der Waals surface area contributed by atoms with Crippen molar-refractivity contribution in [2.75, 3.05) is 5.73 Å². The number of hydrogen-bond acceptors (Lipinski definition) is 3. The first-order chi connectivity index (χ1) is 7.75. The minimum absolute atomic E-state index is 0.579. The first-order valence-electron chi connectivity index (χ1n) is 4.77. The van der Waals surface area contributed by atoms with Crippen molar-refractivity contribution in [2.45, 2.75) is 0 Å². The molecule has 0 spiro atoms. The summed E-state index contributed by atoms with van der Waals surface area (Å²) in [4.78, 5) is 0. The molecule has 2 aromatic carbocycles. The van der Waals surface area contributed by atoms with Crippen LogP contribution in [-0.4, -0.2) is 0 Å². The van der Waals surface area contributed by atoms with E-state index < -0.39 is 0 Å². The molecule has 0 unspecified atom stereocenters. The molecule has 4 heteroatoms. The third-order valence-electron chi connectivity index (χ3n) is 2.00. The quantitative estimate of drug-likeness (QED) is 0.607. The maximum absolute atomic E-state index is 5.94. The van der Waals surface area contributed by atoms with Gasteiger partial charge >= 0.3 is 0 Å². The molecule has 3 nitrogen and oxygen atoms in total. The van der Waals surface area contributed by atoms with E-state index in [-0.39, 0.29) is 0 Å². The summed E-state index contributed by atoms with van der Waals surface area (Å²) in [6.45, 7) is 0. The minimum Gasteiger partial charge on any atom is -0.399 e. The fourth-order valence-electron chi connectivity index (χ4n) is 1.23. The fourth-order valence-corrected chi connectivity index (χ4v) is 1.40. The predicted molar refractivity (Wildman–Crippen MR) is 66.5 cm³/mol. The molecule has 0 fully saturated rings. The zero-order valence-corrected chi connectivity index (χ0v) is 9.22. The second-order valence-electron chi connectivity index (χ2n) is 3.25. The molecule has 80 valence electrons. The molecule has 0 aliphatic carbocycles. The maximum atomic E-state index is 5.94. The minimum atomic E-state index is 0.579. The molecule has 0 radical (unpaired) electrons. The summed E-state index contributed by atoms with van der Waals surface area (Å²) in [7, 11) is 0. The van der Waals surface area contributed by atoms with E-state index in [9.17, 15) is 0 Å². The zero-order valence-electron chi connectivity index (χ0n) is 8.47. The van der Waals surface area contributed by atoms with Gasteiger partial charge in [-0.1, -0.05) is 29.8 Å². The lowest BCUT2D eigenvalue weighted by Crippen LogP contribution is -1.80. The van der Waals surface area contributed by atoms with Crippen molar-refractivity contribution < 1.29 is 0 Å². The van der Waals surface area contributed by atoms with Gasteiger partial charge in [-0.3, -0.25) is 0 Å². The molecule has 0 aliphatic heterocycles. The molecule has 0 aromatic heterocycles. The van der Waals surface area contributed by atoms with Crippen LogP contribution in [0.15, 0.2) is 58.8 Å². The van der Waals surface area contributed by atoms with Crippen LogP contribution < -0.4 is 5.73 Å². The first-order valence-corrected chi connectivity index (χ1v) is 5.15. The fraction of sp³-hybridized carbons (Fsp3) is 0. The number of nitrogens with two attached hydrogens (primary N) is 1.